The molecule has 2 nitrogen and oxygen atoms in total. The van der Waals surface area contributed by atoms with Crippen LogP contribution in [0.15, 0.2) is 22.7 Å². The normalized spacial score (nSPS) is 19.0. The Morgan fingerprint density at radius 1 is 1.30 bits per heavy atom. The van der Waals surface area contributed by atoms with Crippen molar-refractivity contribution >= 4 is 15.9 Å². The maximum Gasteiger partial charge on any atom is 0.123 e. The van der Waals surface area contributed by atoms with Crippen LogP contribution in [0.5, 0.6) is 5.75 Å². The highest BCUT2D eigenvalue weighted by Crippen LogP contribution is 2.51. The van der Waals surface area contributed by atoms with Gasteiger partial charge in [-0.1, -0.05) is 42.6 Å². The van der Waals surface area contributed by atoms with E-state index in [0.29, 0.717) is 11.5 Å². The highest BCUT2D eigenvalue weighted by Gasteiger charge is 2.41. The summed E-state index contributed by atoms with van der Waals surface area (Å²) in [5, 5.41) is 3.73. The number of nitrogens with one attached hydrogen (secondary N) is 1. The van der Waals surface area contributed by atoms with Crippen LogP contribution in [0.2, 0.25) is 0 Å². The van der Waals surface area contributed by atoms with Gasteiger partial charge in [-0.3, -0.25) is 0 Å². The van der Waals surface area contributed by atoms with E-state index in [-0.39, 0.29) is 0 Å². The molecule has 0 aliphatic heterocycles. The highest BCUT2D eigenvalue weighted by atomic mass is 79.9. The molecule has 0 aromatic heterocycles. The van der Waals surface area contributed by atoms with E-state index in [1.54, 1.807) is 7.11 Å². The predicted molar refractivity (Wildman–Crippen MR) is 88.3 cm³/mol. The Kier molecular flexibility index (Phi) is 5.50. The second kappa shape index (κ2) is 6.95. The molecule has 0 bridgehead atoms. The topological polar surface area (TPSA) is 21.3 Å². The van der Waals surface area contributed by atoms with Gasteiger partial charge in [-0.25, -0.2) is 0 Å². The molecule has 1 aromatic carbocycles. The molecule has 1 saturated carbocycles. The fourth-order valence-electron chi connectivity index (χ4n) is 3.72. The molecule has 0 saturated heterocycles. The summed E-state index contributed by atoms with van der Waals surface area (Å²) in [6, 6.07) is 6.73. The Morgan fingerprint density at radius 3 is 2.55 bits per heavy atom. The lowest BCUT2D eigenvalue weighted by Gasteiger charge is -2.38. The van der Waals surface area contributed by atoms with Crippen LogP contribution in [0.1, 0.15) is 57.6 Å². The van der Waals surface area contributed by atoms with Crippen LogP contribution in [0.4, 0.5) is 0 Å². The summed E-state index contributed by atoms with van der Waals surface area (Å²) in [5.41, 5.74) is 1.68. The fourth-order valence-corrected chi connectivity index (χ4v) is 4.10. The molecule has 0 amide bonds. The summed E-state index contributed by atoms with van der Waals surface area (Å²) in [4.78, 5) is 0. The van der Waals surface area contributed by atoms with Crippen molar-refractivity contribution in [2.45, 2.75) is 52.0 Å². The third-order valence-corrected chi connectivity index (χ3v) is 5.32. The Hall–Kier alpha value is -0.540. The van der Waals surface area contributed by atoms with Crippen LogP contribution < -0.4 is 10.1 Å². The predicted octanol–water partition coefficient (Wildman–Crippen LogP) is 5.08. The third-order valence-electron chi connectivity index (χ3n) is 4.83. The van der Waals surface area contributed by atoms with Crippen molar-refractivity contribution in [3.63, 3.8) is 0 Å². The lowest BCUT2D eigenvalue weighted by molar-refractivity contribution is 0.185. The van der Waals surface area contributed by atoms with E-state index in [9.17, 15) is 0 Å². The first-order chi connectivity index (χ1) is 9.66. The second-order valence-corrected chi connectivity index (χ2v) is 6.72. The number of methoxy groups -OCH3 is 1. The van der Waals surface area contributed by atoms with E-state index in [1.165, 1.54) is 37.7 Å². The summed E-state index contributed by atoms with van der Waals surface area (Å²) < 4.78 is 6.74. The van der Waals surface area contributed by atoms with Crippen LogP contribution >= 0.6 is 15.9 Å². The summed E-state index contributed by atoms with van der Waals surface area (Å²) in [5.74, 6) is 0.999. The Balaban J connectivity index is 2.44. The summed E-state index contributed by atoms with van der Waals surface area (Å²) in [6.07, 6.45) is 6.56. The standard InChI is InChI=1S/C17H26BrNO/c1-4-17(10-6-7-11-17)16(19-5-2)14-12-13(18)8-9-15(14)20-3/h8-9,12,16,19H,4-7,10-11H2,1-3H3. The second-order valence-electron chi connectivity index (χ2n) is 5.80. The van der Waals surface area contributed by atoms with E-state index in [1.807, 2.05) is 0 Å². The summed E-state index contributed by atoms with van der Waals surface area (Å²) >= 11 is 3.61. The zero-order chi connectivity index (χ0) is 14.6. The molecule has 0 heterocycles. The molecule has 0 spiro atoms. The molecule has 0 radical (unpaired) electrons. The van der Waals surface area contributed by atoms with Crippen LogP contribution in [-0.2, 0) is 0 Å². The first-order valence-electron chi connectivity index (χ1n) is 7.73. The minimum atomic E-state index is 0.379. The van der Waals surface area contributed by atoms with Gasteiger partial charge in [-0.2, -0.15) is 0 Å². The summed E-state index contributed by atoms with van der Waals surface area (Å²) in [6.45, 7) is 5.51. The molecular formula is C17H26BrNO. The molecule has 1 N–H and O–H groups in total. The molecule has 1 fully saturated rings. The molecule has 3 heteroatoms. The van der Waals surface area contributed by atoms with Gasteiger partial charge in [0.2, 0.25) is 0 Å². The maximum atomic E-state index is 5.62. The summed E-state index contributed by atoms with van der Waals surface area (Å²) in [7, 11) is 1.77. The molecule has 1 aliphatic carbocycles. The zero-order valence-corrected chi connectivity index (χ0v) is 14.4. The average Bonchev–Trinajstić information content (AvgIpc) is 2.94. The quantitative estimate of drug-likeness (QED) is 0.780. The maximum absolute atomic E-state index is 5.62. The lowest BCUT2D eigenvalue weighted by Crippen LogP contribution is -2.36. The minimum absolute atomic E-state index is 0.379. The number of rotatable bonds is 6. The third kappa shape index (κ3) is 3.04. The first kappa shape index (κ1) is 15.8. The average molecular weight is 340 g/mol. The van der Waals surface area contributed by atoms with Gasteiger partial charge in [0, 0.05) is 16.1 Å². The van der Waals surface area contributed by atoms with Crippen LogP contribution in [0, 0.1) is 5.41 Å². The number of hydrogen-bond acceptors (Lipinski definition) is 2. The minimum Gasteiger partial charge on any atom is -0.496 e. The smallest absolute Gasteiger partial charge is 0.123 e. The van der Waals surface area contributed by atoms with E-state index >= 15 is 0 Å². The van der Waals surface area contributed by atoms with Gasteiger partial charge >= 0.3 is 0 Å². The zero-order valence-electron chi connectivity index (χ0n) is 12.8. The molecule has 20 heavy (non-hydrogen) atoms. The van der Waals surface area contributed by atoms with Gasteiger partial charge in [-0.05, 0) is 49.4 Å². The molecule has 1 aliphatic rings. The van der Waals surface area contributed by atoms with Gasteiger partial charge in [0.25, 0.3) is 0 Å². The lowest BCUT2D eigenvalue weighted by atomic mass is 9.73. The van der Waals surface area contributed by atoms with Crippen molar-refractivity contribution in [2.24, 2.45) is 5.41 Å². The first-order valence-corrected chi connectivity index (χ1v) is 8.53. The van der Waals surface area contributed by atoms with Crippen LogP contribution in [0.3, 0.4) is 0 Å². The largest absolute Gasteiger partial charge is 0.496 e. The highest BCUT2D eigenvalue weighted by molar-refractivity contribution is 9.10. The van der Waals surface area contributed by atoms with Gasteiger partial charge < -0.3 is 10.1 Å². The van der Waals surface area contributed by atoms with E-state index in [4.69, 9.17) is 4.74 Å². The van der Waals surface area contributed by atoms with Gasteiger partial charge in [0.1, 0.15) is 5.75 Å². The van der Waals surface area contributed by atoms with Crippen molar-refractivity contribution < 1.29 is 4.74 Å². The number of ether oxygens (including phenoxy) is 1. The van der Waals surface area contributed by atoms with Crippen molar-refractivity contribution in [1.82, 2.24) is 5.32 Å². The molecule has 2 rings (SSSR count). The van der Waals surface area contributed by atoms with Crippen LogP contribution in [0.25, 0.3) is 0 Å². The molecule has 112 valence electrons. The van der Waals surface area contributed by atoms with Gasteiger partial charge in [0.05, 0.1) is 7.11 Å². The number of halogens is 1. The van der Waals surface area contributed by atoms with Gasteiger partial charge in [-0.15, -0.1) is 0 Å². The Labute approximate surface area is 131 Å². The van der Waals surface area contributed by atoms with E-state index in [2.05, 4.69) is 53.3 Å². The SMILES string of the molecule is CCNC(c1cc(Br)ccc1OC)C1(CC)CCCC1. The molecular weight excluding hydrogens is 314 g/mol. The molecule has 1 unspecified atom stereocenters. The Morgan fingerprint density at radius 2 is 2.00 bits per heavy atom. The van der Waals surface area contributed by atoms with E-state index < -0.39 is 0 Å². The van der Waals surface area contributed by atoms with Crippen molar-refractivity contribution in [3.8, 4) is 5.75 Å². The van der Waals surface area contributed by atoms with Crippen LogP contribution in [-0.4, -0.2) is 13.7 Å². The monoisotopic (exact) mass is 339 g/mol. The van der Waals surface area contributed by atoms with E-state index in [0.717, 1.165) is 16.8 Å². The molecule has 1 atom stereocenters. The Bertz CT molecular complexity index is 441. The fraction of sp³-hybridized carbons (Fsp3) is 0.647. The molecule has 1 aromatic rings. The van der Waals surface area contributed by atoms with Crippen molar-refractivity contribution in [2.75, 3.05) is 13.7 Å². The van der Waals surface area contributed by atoms with Crippen molar-refractivity contribution in [1.29, 1.82) is 0 Å². The van der Waals surface area contributed by atoms with Gasteiger partial charge in [0.15, 0.2) is 0 Å². The van der Waals surface area contributed by atoms with Crippen molar-refractivity contribution in [3.05, 3.63) is 28.2 Å². The number of hydrogen-bond donors (Lipinski definition) is 1. The number of benzene rings is 1.